The van der Waals surface area contributed by atoms with E-state index in [-0.39, 0.29) is 0 Å². The Morgan fingerprint density at radius 1 is 1.21 bits per heavy atom. The predicted molar refractivity (Wildman–Crippen MR) is 79.6 cm³/mol. The number of nitrogens with two attached hydrogens (primary N) is 1. The highest BCUT2D eigenvalue weighted by Crippen LogP contribution is 2.24. The quantitative estimate of drug-likeness (QED) is 0.670. The molecule has 0 fully saturated rings. The summed E-state index contributed by atoms with van der Waals surface area (Å²) in [6.45, 7) is 0. The van der Waals surface area contributed by atoms with Gasteiger partial charge in [0.05, 0.1) is 18.4 Å². The van der Waals surface area contributed by atoms with Gasteiger partial charge in [0.15, 0.2) is 0 Å². The topological polar surface area (TPSA) is 64.3 Å². The summed E-state index contributed by atoms with van der Waals surface area (Å²) in [5, 5.41) is 3.16. The Bertz CT molecular complexity index is 597. The Morgan fingerprint density at radius 2 is 1.89 bits per heavy atom. The lowest BCUT2D eigenvalue weighted by Gasteiger charge is -2.11. The number of nitrogens with one attached hydrogen (secondary N) is 1. The van der Waals surface area contributed by atoms with Crippen LogP contribution in [0, 0.1) is 0 Å². The van der Waals surface area contributed by atoms with Crippen molar-refractivity contribution in [3.05, 3.63) is 52.5 Å². The highest BCUT2D eigenvalue weighted by molar-refractivity contribution is 9.10. The van der Waals surface area contributed by atoms with E-state index in [1.807, 2.05) is 24.3 Å². The number of methoxy groups -OCH3 is 1. The third kappa shape index (κ3) is 3.26. The average molecular weight is 321 g/mol. The summed E-state index contributed by atoms with van der Waals surface area (Å²) < 4.78 is 5.74. The Morgan fingerprint density at radius 3 is 2.53 bits per heavy atom. The number of nitrogen functional groups attached to an aromatic ring is 1. The van der Waals surface area contributed by atoms with E-state index in [0.717, 1.165) is 10.2 Å². The Hall–Kier alpha value is -2.01. The Labute approximate surface area is 119 Å². The molecule has 4 nitrogen and oxygen atoms in total. The summed E-state index contributed by atoms with van der Waals surface area (Å²) in [6, 6.07) is 12.7. The summed E-state index contributed by atoms with van der Waals surface area (Å²) >= 11 is 3.37. The first-order valence-electron chi connectivity index (χ1n) is 5.60. The van der Waals surface area contributed by atoms with E-state index in [0.29, 0.717) is 16.9 Å². The minimum absolute atomic E-state index is 0.408. The van der Waals surface area contributed by atoms with E-state index < -0.39 is 5.97 Å². The molecule has 98 valence electrons. The van der Waals surface area contributed by atoms with Gasteiger partial charge in [-0.05, 0) is 42.5 Å². The molecule has 19 heavy (non-hydrogen) atoms. The number of hydrogen-bond acceptors (Lipinski definition) is 4. The SMILES string of the molecule is COC(=O)c1cc(N)ccc1Nc1ccc(Br)cc1. The molecule has 0 heterocycles. The number of hydrogen-bond donors (Lipinski definition) is 2. The molecule has 0 spiro atoms. The van der Waals surface area contributed by atoms with Crippen LogP contribution in [0.4, 0.5) is 17.1 Å². The number of carbonyl (C=O) groups is 1. The average Bonchev–Trinajstić information content (AvgIpc) is 2.42. The van der Waals surface area contributed by atoms with Gasteiger partial charge < -0.3 is 15.8 Å². The standard InChI is InChI=1S/C14H13BrN2O2/c1-19-14(18)12-8-10(16)4-7-13(12)17-11-5-2-9(15)3-6-11/h2-8,17H,16H2,1H3. The molecule has 3 N–H and O–H groups in total. The molecule has 0 saturated carbocycles. The fourth-order valence-corrected chi connectivity index (χ4v) is 1.90. The lowest BCUT2D eigenvalue weighted by atomic mass is 10.1. The molecule has 0 bridgehead atoms. The zero-order chi connectivity index (χ0) is 13.8. The van der Waals surface area contributed by atoms with Gasteiger partial charge in [0.2, 0.25) is 0 Å². The highest BCUT2D eigenvalue weighted by atomic mass is 79.9. The van der Waals surface area contributed by atoms with Crippen molar-refractivity contribution in [2.45, 2.75) is 0 Å². The van der Waals surface area contributed by atoms with Crippen molar-refractivity contribution < 1.29 is 9.53 Å². The monoisotopic (exact) mass is 320 g/mol. The molecule has 0 aliphatic heterocycles. The summed E-state index contributed by atoms with van der Waals surface area (Å²) in [6.07, 6.45) is 0. The van der Waals surface area contributed by atoms with Gasteiger partial charge in [-0.3, -0.25) is 0 Å². The number of anilines is 3. The molecule has 0 aliphatic carbocycles. The van der Waals surface area contributed by atoms with Gasteiger partial charge in [0.1, 0.15) is 0 Å². The fraction of sp³-hybridized carbons (Fsp3) is 0.0714. The van der Waals surface area contributed by atoms with E-state index in [9.17, 15) is 4.79 Å². The largest absolute Gasteiger partial charge is 0.465 e. The lowest BCUT2D eigenvalue weighted by Crippen LogP contribution is -2.06. The number of benzene rings is 2. The first-order valence-corrected chi connectivity index (χ1v) is 6.40. The van der Waals surface area contributed by atoms with Crippen LogP contribution in [0.5, 0.6) is 0 Å². The van der Waals surface area contributed by atoms with Gasteiger partial charge in [-0.15, -0.1) is 0 Å². The van der Waals surface area contributed by atoms with Crippen LogP contribution in [0.3, 0.4) is 0 Å². The minimum atomic E-state index is -0.424. The molecule has 0 radical (unpaired) electrons. The summed E-state index contributed by atoms with van der Waals surface area (Å²) in [5.41, 5.74) is 8.14. The molecule has 0 amide bonds. The Kier molecular flexibility index (Phi) is 4.06. The molecule has 0 atom stereocenters. The summed E-state index contributed by atoms with van der Waals surface area (Å²) in [7, 11) is 1.34. The molecule has 0 saturated heterocycles. The van der Waals surface area contributed by atoms with Crippen molar-refractivity contribution in [3.8, 4) is 0 Å². The van der Waals surface area contributed by atoms with Crippen molar-refractivity contribution >= 4 is 39.0 Å². The molecular formula is C14H13BrN2O2. The third-order valence-electron chi connectivity index (χ3n) is 2.57. The molecule has 0 unspecified atom stereocenters. The van der Waals surface area contributed by atoms with E-state index in [4.69, 9.17) is 10.5 Å². The number of carbonyl (C=O) groups excluding carboxylic acids is 1. The number of rotatable bonds is 3. The zero-order valence-electron chi connectivity index (χ0n) is 10.3. The molecule has 2 aromatic carbocycles. The first-order chi connectivity index (χ1) is 9.10. The normalized spacial score (nSPS) is 10.0. The molecule has 2 aromatic rings. The summed E-state index contributed by atoms with van der Waals surface area (Å²) in [5.74, 6) is -0.424. The van der Waals surface area contributed by atoms with E-state index in [2.05, 4.69) is 21.2 Å². The maximum atomic E-state index is 11.7. The number of esters is 1. The maximum Gasteiger partial charge on any atom is 0.340 e. The third-order valence-corrected chi connectivity index (χ3v) is 3.10. The van der Waals surface area contributed by atoms with Gasteiger partial charge in [0, 0.05) is 15.8 Å². The van der Waals surface area contributed by atoms with Crippen molar-refractivity contribution in [1.29, 1.82) is 0 Å². The Balaban J connectivity index is 2.34. The van der Waals surface area contributed by atoms with Gasteiger partial charge in [0.25, 0.3) is 0 Å². The van der Waals surface area contributed by atoms with Crippen LogP contribution >= 0.6 is 15.9 Å². The van der Waals surface area contributed by atoms with Crippen molar-refractivity contribution in [3.63, 3.8) is 0 Å². The lowest BCUT2D eigenvalue weighted by molar-refractivity contribution is 0.0602. The maximum absolute atomic E-state index is 11.7. The van der Waals surface area contributed by atoms with E-state index in [1.54, 1.807) is 18.2 Å². The predicted octanol–water partition coefficient (Wildman–Crippen LogP) is 3.56. The van der Waals surface area contributed by atoms with Crippen LogP contribution in [0.2, 0.25) is 0 Å². The van der Waals surface area contributed by atoms with Crippen LogP contribution < -0.4 is 11.1 Å². The molecule has 2 rings (SSSR count). The molecule has 0 aliphatic rings. The second-order valence-electron chi connectivity index (χ2n) is 3.93. The number of ether oxygens (including phenoxy) is 1. The number of halogens is 1. The van der Waals surface area contributed by atoms with Crippen molar-refractivity contribution in [2.75, 3.05) is 18.2 Å². The smallest absolute Gasteiger partial charge is 0.340 e. The molecular weight excluding hydrogens is 308 g/mol. The van der Waals surface area contributed by atoms with Crippen LogP contribution in [-0.4, -0.2) is 13.1 Å². The van der Waals surface area contributed by atoms with Crippen LogP contribution in [0.25, 0.3) is 0 Å². The van der Waals surface area contributed by atoms with Crippen molar-refractivity contribution in [2.24, 2.45) is 0 Å². The van der Waals surface area contributed by atoms with Gasteiger partial charge in [-0.2, -0.15) is 0 Å². The second-order valence-corrected chi connectivity index (χ2v) is 4.84. The minimum Gasteiger partial charge on any atom is -0.465 e. The van der Waals surface area contributed by atoms with E-state index >= 15 is 0 Å². The molecule has 5 heteroatoms. The van der Waals surface area contributed by atoms with E-state index in [1.165, 1.54) is 7.11 Å². The second kappa shape index (κ2) is 5.75. The zero-order valence-corrected chi connectivity index (χ0v) is 11.9. The molecule has 0 aromatic heterocycles. The van der Waals surface area contributed by atoms with Gasteiger partial charge >= 0.3 is 5.97 Å². The summed E-state index contributed by atoms with van der Waals surface area (Å²) in [4.78, 5) is 11.7. The van der Waals surface area contributed by atoms with Crippen molar-refractivity contribution in [1.82, 2.24) is 0 Å². The fourth-order valence-electron chi connectivity index (χ4n) is 1.64. The van der Waals surface area contributed by atoms with Gasteiger partial charge in [-0.25, -0.2) is 4.79 Å². The van der Waals surface area contributed by atoms with Crippen LogP contribution in [-0.2, 0) is 4.74 Å². The van der Waals surface area contributed by atoms with Crippen LogP contribution in [0.1, 0.15) is 10.4 Å². The highest BCUT2D eigenvalue weighted by Gasteiger charge is 2.12. The van der Waals surface area contributed by atoms with Gasteiger partial charge in [-0.1, -0.05) is 15.9 Å². The first kappa shape index (κ1) is 13.4. The van der Waals surface area contributed by atoms with Crippen LogP contribution in [0.15, 0.2) is 46.9 Å².